The number of carbonyl (C=O) groups is 6. The number of Topliss-reactive ketones (excluding diaryl/α,β-unsaturated/α-hetero) is 3. The SMILES string of the molecule is CO[C@H]1C[C@@H]2CC[C@@H](C)[C@@](O)(O2)C(=O)C(=O)N2CCCC[C@H]2C(=O)O[C@H]([C@H](C)C[C@@H]2CC[C@@H](OC(=O)CCCOCCOCCOCCOCCOCCOCCOCCOCCC(=O)CCc3ccc(Cn4nc(-c5ccc6oc(N)nc6c5)c5c(N)ncnc54)cc3)[C@H](OC)C2)C[C@@H](O)[C@H](C)/C=C(\C)[C@@H](O)[C@@H](OC)C(=O)[C@H](C)C[C@H](C)/C=C/C=C/C=C/1C. The Bertz CT molecular complexity index is 4300. The average Bonchev–Trinajstić information content (AvgIpc) is 1.71. The monoisotopic (exact) mass is 1750 g/mol. The average molecular weight is 1750 g/mol. The summed E-state index contributed by atoms with van der Waals surface area (Å²) in [5.41, 5.74) is 18.6. The van der Waals surface area contributed by atoms with Crippen molar-refractivity contribution in [3.05, 3.63) is 108 Å². The molecule has 1 amide bonds. The predicted molar refractivity (Wildman–Crippen MR) is 466 cm³/mol. The Hall–Kier alpha value is -8.16. The summed E-state index contributed by atoms with van der Waals surface area (Å²) in [7, 11) is 4.54. The number of oxazole rings is 1. The number of hydrogen-bond acceptors (Lipinski definition) is 30. The number of aliphatic hydroxyl groups excluding tert-OH is 2. The molecule has 2 aromatic carbocycles. The van der Waals surface area contributed by atoms with Crippen molar-refractivity contribution in [2.75, 3.05) is 145 Å². The summed E-state index contributed by atoms with van der Waals surface area (Å²) in [6.07, 6.45) is 13.2. The number of amides is 1. The Kier molecular flexibility index (Phi) is 42.1. The number of nitrogens with two attached hydrogens (primary N) is 2. The molecule has 32 nitrogen and oxygen atoms in total. The maximum atomic E-state index is 14.8. The van der Waals surface area contributed by atoms with Crippen molar-refractivity contribution >= 4 is 69.2 Å². The van der Waals surface area contributed by atoms with Crippen LogP contribution in [0.4, 0.5) is 11.8 Å². The van der Waals surface area contributed by atoms with Gasteiger partial charge in [0.25, 0.3) is 17.7 Å². The first kappa shape index (κ1) is 101. The number of allylic oxidation sites excluding steroid dienone is 5. The van der Waals surface area contributed by atoms with Gasteiger partial charge in [-0.05, 0) is 149 Å². The van der Waals surface area contributed by atoms with Crippen molar-refractivity contribution < 1.29 is 115 Å². The van der Waals surface area contributed by atoms with Gasteiger partial charge in [-0.1, -0.05) is 95.3 Å². The largest absolute Gasteiger partial charge is 0.460 e. The first-order chi connectivity index (χ1) is 60.3. The number of hydrogen-bond donors (Lipinski definition) is 5. The zero-order chi connectivity index (χ0) is 89.8. The summed E-state index contributed by atoms with van der Waals surface area (Å²) < 4.78 is 88.5. The zero-order valence-electron chi connectivity index (χ0n) is 74.7. The van der Waals surface area contributed by atoms with Crippen LogP contribution < -0.4 is 11.5 Å². The molecule has 692 valence electrons. The second kappa shape index (κ2) is 52.3. The van der Waals surface area contributed by atoms with Crippen molar-refractivity contribution in [1.29, 1.82) is 0 Å². The highest BCUT2D eigenvalue weighted by molar-refractivity contribution is 6.39. The number of benzene rings is 2. The van der Waals surface area contributed by atoms with E-state index in [-0.39, 0.29) is 67.1 Å². The number of rotatable bonds is 41. The summed E-state index contributed by atoms with van der Waals surface area (Å²) in [4.78, 5) is 97.8. The molecular formula is C93H136N8O24. The molecule has 1 saturated carbocycles. The van der Waals surface area contributed by atoms with Gasteiger partial charge in [0.15, 0.2) is 17.0 Å². The van der Waals surface area contributed by atoms with Crippen LogP contribution in [0.5, 0.6) is 0 Å². The van der Waals surface area contributed by atoms with Crippen molar-refractivity contribution in [3.8, 4) is 11.3 Å². The molecule has 3 fully saturated rings. The second-order valence-electron chi connectivity index (χ2n) is 33.6. The van der Waals surface area contributed by atoms with Crippen molar-refractivity contribution in [1.82, 2.24) is 29.6 Å². The number of ether oxygens (including phenoxy) is 14. The van der Waals surface area contributed by atoms with Gasteiger partial charge in [-0.3, -0.25) is 24.0 Å². The van der Waals surface area contributed by atoms with Crippen LogP contribution >= 0.6 is 0 Å². The lowest BCUT2D eigenvalue weighted by atomic mass is 9.78. The molecule has 2 bridgehead atoms. The fraction of sp³-hybridized carbons (Fsp3) is 0.656. The smallest absolute Gasteiger partial charge is 0.329 e. The highest BCUT2D eigenvalue weighted by atomic mass is 16.6. The standard InChI is InChI=1S/C93H136N8O24/c1-60-17-12-11-13-18-61(2)78(111-8)56-72-30-21-66(7)93(110,125-72)87(107)90(108)100-34-15-14-19-74(100)91(109)123-79(57-75(103)62(3)52-65(6)85(106)86(113-10)84(105)64(5)51-60)63(4)53-69-27-31-77(80(54-69)112-9)122-81(104)20-16-35-114-37-39-116-41-43-118-45-47-120-49-50-121-48-46-119-44-42-117-40-38-115-36-33-71(102)29-26-67-22-24-68(25-23-67)58-101-89-82(88(94)96-59-97-89)83(99-101)70-28-32-76-73(55-70)98-92(95)124-76/h11-13,17-18,22-25,28,32,52,55,59-60,62-64,66,69,72,74-75,77-80,85-86,103,106,110H,14-16,19-21,26-27,29-31,33-51,53-54,56-58H2,1-10H3,(H2,95,98)(H2,94,96,97)/b13-11+,17-12+,61-18+,65-52+/t60-,62-,63-,64-,66-,69+,72+,74+,75-,77-,78+,79+,80-,85-,86+,93-/m1/s1. The molecule has 0 unspecified atom stereocenters. The molecule has 4 aliphatic rings. The highest BCUT2D eigenvalue weighted by Crippen LogP contribution is 2.40. The number of nitrogens with zero attached hydrogens (tertiary/aromatic N) is 6. The summed E-state index contributed by atoms with van der Waals surface area (Å²) >= 11 is 0. The molecule has 2 saturated heterocycles. The van der Waals surface area contributed by atoms with Gasteiger partial charge in [0.1, 0.15) is 59.6 Å². The van der Waals surface area contributed by atoms with Crippen LogP contribution in [0, 0.1) is 35.5 Å². The van der Waals surface area contributed by atoms with E-state index in [1.165, 1.54) is 18.3 Å². The molecule has 1 aliphatic carbocycles. The highest BCUT2D eigenvalue weighted by Gasteiger charge is 2.53. The molecule has 3 aliphatic heterocycles. The quantitative estimate of drug-likeness (QED) is 0.0105. The molecule has 16 atom stereocenters. The van der Waals surface area contributed by atoms with Gasteiger partial charge in [-0.15, -0.1) is 0 Å². The number of nitrogen functional groups attached to an aromatic ring is 2. The number of anilines is 2. The molecule has 32 heteroatoms. The fourth-order valence-corrected chi connectivity index (χ4v) is 16.6. The van der Waals surface area contributed by atoms with Crippen LogP contribution in [0.25, 0.3) is 33.4 Å². The summed E-state index contributed by atoms with van der Waals surface area (Å²) in [5, 5.41) is 41.4. The van der Waals surface area contributed by atoms with E-state index >= 15 is 0 Å². The van der Waals surface area contributed by atoms with E-state index in [2.05, 4.69) is 15.0 Å². The minimum Gasteiger partial charge on any atom is -0.460 e. The number of cyclic esters (lactones) is 1. The van der Waals surface area contributed by atoms with E-state index in [4.69, 9.17) is 87.3 Å². The lowest BCUT2D eigenvalue weighted by Gasteiger charge is -2.43. The number of aromatic nitrogens is 5. The first-order valence-electron chi connectivity index (χ1n) is 44.5. The molecule has 0 spiro atoms. The van der Waals surface area contributed by atoms with E-state index in [0.29, 0.717) is 241 Å². The van der Waals surface area contributed by atoms with Crippen molar-refractivity contribution in [3.63, 3.8) is 0 Å². The van der Waals surface area contributed by atoms with Crippen LogP contribution in [-0.2, 0) is 108 Å². The molecule has 9 rings (SSSR count). The zero-order valence-corrected chi connectivity index (χ0v) is 74.7. The molecule has 7 N–H and O–H groups in total. The van der Waals surface area contributed by atoms with E-state index in [1.54, 1.807) is 51.8 Å². The number of esters is 2. The van der Waals surface area contributed by atoms with Gasteiger partial charge in [0.2, 0.25) is 5.79 Å². The fourth-order valence-electron chi connectivity index (χ4n) is 16.6. The number of carbonyl (C=O) groups excluding carboxylic acids is 6. The number of piperidine rings is 1. The Morgan fingerprint density at radius 3 is 1.97 bits per heavy atom. The van der Waals surface area contributed by atoms with Crippen molar-refractivity contribution in [2.24, 2.45) is 35.5 Å². The predicted octanol–water partition coefficient (Wildman–Crippen LogP) is 10.2. The van der Waals surface area contributed by atoms with E-state index in [0.717, 1.165) is 22.3 Å². The van der Waals surface area contributed by atoms with E-state index < -0.39 is 96.1 Å². The van der Waals surface area contributed by atoms with E-state index in [1.807, 2.05) is 94.5 Å². The molecule has 5 aromatic rings. The molecule has 0 radical (unpaired) electrons. The van der Waals surface area contributed by atoms with Crippen LogP contribution in [0.2, 0.25) is 0 Å². The molecule has 3 aromatic heterocycles. The van der Waals surface area contributed by atoms with Gasteiger partial charge in [-0.25, -0.2) is 19.4 Å². The van der Waals surface area contributed by atoms with Gasteiger partial charge in [0.05, 0.1) is 135 Å². The van der Waals surface area contributed by atoms with Crippen LogP contribution in [0.1, 0.15) is 162 Å². The van der Waals surface area contributed by atoms with Crippen LogP contribution in [0.15, 0.2) is 101 Å². The van der Waals surface area contributed by atoms with Gasteiger partial charge in [-0.2, -0.15) is 10.1 Å². The van der Waals surface area contributed by atoms with E-state index in [9.17, 15) is 44.1 Å². The lowest BCUT2D eigenvalue weighted by molar-refractivity contribution is -0.265. The molecular weight excluding hydrogens is 1610 g/mol. The Morgan fingerprint density at radius 2 is 1.32 bits per heavy atom. The van der Waals surface area contributed by atoms with Gasteiger partial charge >= 0.3 is 11.9 Å². The van der Waals surface area contributed by atoms with Crippen LogP contribution in [0.3, 0.4) is 0 Å². The summed E-state index contributed by atoms with van der Waals surface area (Å²) in [5.74, 6) is -7.77. The molecule has 6 heterocycles. The second-order valence-corrected chi connectivity index (χ2v) is 33.6. The number of aliphatic hydroxyl groups is 3. The number of fused-ring (bicyclic) bond motifs is 5. The minimum atomic E-state index is -2.47. The van der Waals surface area contributed by atoms with Gasteiger partial charge in [0, 0.05) is 89.9 Å². The lowest BCUT2D eigenvalue weighted by Crippen LogP contribution is -2.61. The third kappa shape index (κ3) is 31.1. The third-order valence-corrected chi connectivity index (χ3v) is 24.0. The Balaban J connectivity index is 0.595. The minimum absolute atomic E-state index is 0.00518. The van der Waals surface area contributed by atoms with Crippen LogP contribution in [-0.4, -0.2) is 274 Å². The molecule has 125 heavy (non-hydrogen) atoms. The summed E-state index contributed by atoms with van der Waals surface area (Å²) in [6.45, 7) is 19.5. The Labute approximate surface area is 734 Å². The maximum Gasteiger partial charge on any atom is 0.329 e. The normalized spacial score (nSPS) is 27.3. The topological polar surface area (TPSA) is 417 Å². The first-order valence-corrected chi connectivity index (χ1v) is 44.5. The van der Waals surface area contributed by atoms with Gasteiger partial charge < -0.3 is 102 Å². The number of ketones is 3. The maximum absolute atomic E-state index is 14.8. The number of methoxy groups -OCH3 is 3. The Morgan fingerprint density at radius 1 is 0.672 bits per heavy atom. The number of aryl methyl sites for hydroxylation is 1. The van der Waals surface area contributed by atoms with Crippen molar-refractivity contribution in [2.45, 2.75) is 225 Å². The third-order valence-electron chi connectivity index (χ3n) is 24.0. The summed E-state index contributed by atoms with van der Waals surface area (Å²) in [6, 6.07) is 12.5.